The molecule has 4 unspecified atom stereocenters. The molecule has 1 fully saturated rings. The van der Waals surface area contributed by atoms with Crippen LogP contribution in [0.1, 0.15) is 70.4 Å². The molecule has 0 spiro atoms. The van der Waals surface area contributed by atoms with Crippen LogP contribution in [0, 0.1) is 17.8 Å². The van der Waals surface area contributed by atoms with Gasteiger partial charge in [0.25, 0.3) is 0 Å². The smallest absolute Gasteiger partial charge is 0.0123 e. The molecule has 162 valence electrons. The van der Waals surface area contributed by atoms with Gasteiger partial charge in [-0.05, 0) is 72.3 Å². The van der Waals surface area contributed by atoms with Gasteiger partial charge in [-0.1, -0.05) is 106 Å². The fraction of sp³-hybridized carbons (Fsp3) is 0.419. The molecule has 0 heteroatoms. The maximum absolute atomic E-state index is 4.69. The quantitative estimate of drug-likeness (QED) is 0.412. The molecule has 0 aliphatic heterocycles. The Morgan fingerprint density at radius 3 is 2.58 bits per heavy atom. The number of rotatable bonds is 6. The monoisotopic (exact) mass is 410 g/mol. The summed E-state index contributed by atoms with van der Waals surface area (Å²) in [5.41, 5.74) is 11.7. The molecule has 4 atom stereocenters. The zero-order valence-electron chi connectivity index (χ0n) is 19.9. The number of hydrogen-bond acceptors (Lipinski definition) is 0. The van der Waals surface area contributed by atoms with E-state index in [2.05, 4.69) is 82.8 Å². The second-order valence-electron chi connectivity index (χ2n) is 9.89. The first-order valence-electron chi connectivity index (χ1n) is 12.2. The molecule has 0 N–H and O–H groups in total. The SMILES string of the molecule is C=C1/C(=C\C2=CC=C(C)C2)CC2=CC(C)C(C(=C)CCC)C(c3ccccc3CC)C12. The van der Waals surface area contributed by atoms with Crippen LogP contribution in [0.25, 0.3) is 0 Å². The van der Waals surface area contributed by atoms with Crippen molar-refractivity contribution in [2.24, 2.45) is 17.8 Å². The second-order valence-corrected chi connectivity index (χ2v) is 9.89. The zero-order chi connectivity index (χ0) is 22.1. The Morgan fingerprint density at radius 1 is 1.13 bits per heavy atom. The summed E-state index contributed by atoms with van der Waals surface area (Å²) >= 11 is 0. The number of allylic oxidation sites excluding steroid dienone is 10. The molecular formula is C31H38. The van der Waals surface area contributed by atoms with Crippen molar-refractivity contribution in [2.75, 3.05) is 0 Å². The molecule has 1 aromatic carbocycles. The Labute approximate surface area is 189 Å². The summed E-state index contributed by atoms with van der Waals surface area (Å²) in [6.45, 7) is 18.5. The van der Waals surface area contributed by atoms with Crippen molar-refractivity contribution in [2.45, 2.75) is 65.7 Å². The van der Waals surface area contributed by atoms with Crippen LogP contribution in [0.3, 0.4) is 0 Å². The van der Waals surface area contributed by atoms with E-state index >= 15 is 0 Å². The highest BCUT2D eigenvalue weighted by molar-refractivity contribution is 5.55. The van der Waals surface area contributed by atoms with Crippen molar-refractivity contribution in [1.29, 1.82) is 0 Å². The first-order valence-corrected chi connectivity index (χ1v) is 12.2. The molecule has 0 saturated heterocycles. The Balaban J connectivity index is 1.79. The fourth-order valence-corrected chi connectivity index (χ4v) is 6.28. The Kier molecular flexibility index (Phi) is 6.37. The third-order valence-electron chi connectivity index (χ3n) is 7.63. The first-order chi connectivity index (χ1) is 14.9. The predicted molar refractivity (Wildman–Crippen MR) is 135 cm³/mol. The lowest BCUT2D eigenvalue weighted by molar-refractivity contribution is 0.321. The van der Waals surface area contributed by atoms with Gasteiger partial charge in [0.05, 0.1) is 0 Å². The summed E-state index contributed by atoms with van der Waals surface area (Å²) in [7, 11) is 0. The summed E-state index contributed by atoms with van der Waals surface area (Å²) in [5, 5.41) is 0. The van der Waals surface area contributed by atoms with E-state index < -0.39 is 0 Å². The molecule has 0 heterocycles. The highest BCUT2D eigenvalue weighted by Crippen LogP contribution is 2.57. The third kappa shape index (κ3) is 4.10. The zero-order valence-corrected chi connectivity index (χ0v) is 19.9. The lowest BCUT2D eigenvalue weighted by atomic mass is 9.61. The summed E-state index contributed by atoms with van der Waals surface area (Å²) in [6, 6.07) is 9.12. The maximum atomic E-state index is 4.69. The maximum Gasteiger partial charge on any atom is 0.0123 e. The Hall–Kier alpha value is -2.34. The molecule has 1 saturated carbocycles. The lowest BCUT2D eigenvalue weighted by Gasteiger charge is -2.42. The molecule has 1 aromatic rings. The number of aryl methyl sites for hydroxylation is 1. The molecule has 3 aliphatic rings. The highest BCUT2D eigenvalue weighted by Gasteiger charge is 2.45. The van der Waals surface area contributed by atoms with E-state index in [9.17, 15) is 0 Å². The van der Waals surface area contributed by atoms with E-state index in [1.165, 1.54) is 39.0 Å². The summed E-state index contributed by atoms with van der Waals surface area (Å²) < 4.78 is 0. The second kappa shape index (κ2) is 9.03. The van der Waals surface area contributed by atoms with Crippen LogP contribution in [0.2, 0.25) is 0 Å². The first kappa shape index (κ1) is 21.9. The number of fused-ring (bicyclic) bond motifs is 1. The summed E-state index contributed by atoms with van der Waals surface area (Å²) in [5.74, 6) is 1.85. The van der Waals surface area contributed by atoms with Gasteiger partial charge in [0.15, 0.2) is 0 Å². The van der Waals surface area contributed by atoms with Crippen LogP contribution in [-0.2, 0) is 6.42 Å². The van der Waals surface area contributed by atoms with E-state index in [4.69, 9.17) is 6.58 Å². The highest BCUT2D eigenvalue weighted by atomic mass is 14.5. The molecule has 0 aromatic heterocycles. The van der Waals surface area contributed by atoms with Crippen LogP contribution < -0.4 is 0 Å². The molecule has 0 nitrogen and oxygen atoms in total. The minimum Gasteiger partial charge on any atom is -0.0995 e. The Bertz CT molecular complexity index is 1010. The third-order valence-corrected chi connectivity index (χ3v) is 7.63. The predicted octanol–water partition coefficient (Wildman–Crippen LogP) is 8.66. The van der Waals surface area contributed by atoms with Crippen LogP contribution in [-0.4, -0.2) is 0 Å². The molecular weight excluding hydrogens is 372 g/mol. The molecule has 0 bridgehead atoms. The molecule has 3 aliphatic carbocycles. The summed E-state index contributed by atoms with van der Waals surface area (Å²) in [4.78, 5) is 0. The van der Waals surface area contributed by atoms with Crippen molar-refractivity contribution in [3.05, 3.63) is 106 Å². The van der Waals surface area contributed by atoms with Crippen molar-refractivity contribution in [3.63, 3.8) is 0 Å². The van der Waals surface area contributed by atoms with Crippen molar-refractivity contribution >= 4 is 0 Å². The van der Waals surface area contributed by atoms with Gasteiger partial charge in [-0.3, -0.25) is 0 Å². The average molecular weight is 411 g/mol. The molecule has 31 heavy (non-hydrogen) atoms. The number of hydrogen-bond donors (Lipinski definition) is 0. The van der Waals surface area contributed by atoms with Gasteiger partial charge in [0.2, 0.25) is 0 Å². The minimum atomic E-state index is 0.407. The largest absolute Gasteiger partial charge is 0.0995 e. The van der Waals surface area contributed by atoms with Gasteiger partial charge in [0, 0.05) is 11.8 Å². The van der Waals surface area contributed by atoms with Gasteiger partial charge in [-0.25, -0.2) is 0 Å². The van der Waals surface area contributed by atoms with Crippen LogP contribution in [0.15, 0.2) is 95.2 Å². The van der Waals surface area contributed by atoms with Gasteiger partial charge >= 0.3 is 0 Å². The van der Waals surface area contributed by atoms with E-state index in [-0.39, 0.29) is 0 Å². The van der Waals surface area contributed by atoms with Crippen molar-refractivity contribution in [3.8, 4) is 0 Å². The van der Waals surface area contributed by atoms with E-state index in [0.717, 1.165) is 32.1 Å². The summed E-state index contributed by atoms with van der Waals surface area (Å²) in [6.07, 6.45) is 15.0. The standard InChI is InChI=1S/C31H38/c1-7-11-21(4)29-22(5)17-27-19-26(18-24-15-14-20(3)16-24)23(6)30(27)31(29)28-13-10-9-12-25(28)8-2/h9-10,12-15,17-18,22,29-31H,4,6-8,11,16,19H2,1-3,5H3/b26-18-. The molecule has 0 amide bonds. The van der Waals surface area contributed by atoms with Crippen molar-refractivity contribution in [1.82, 2.24) is 0 Å². The normalized spacial score (nSPS) is 29.0. The van der Waals surface area contributed by atoms with E-state index in [0.29, 0.717) is 23.7 Å². The van der Waals surface area contributed by atoms with Gasteiger partial charge in [-0.2, -0.15) is 0 Å². The van der Waals surface area contributed by atoms with E-state index in [1.54, 1.807) is 5.57 Å². The Morgan fingerprint density at radius 2 is 1.90 bits per heavy atom. The van der Waals surface area contributed by atoms with Crippen LogP contribution >= 0.6 is 0 Å². The average Bonchev–Trinajstić information content (AvgIpc) is 3.29. The number of benzene rings is 1. The van der Waals surface area contributed by atoms with Gasteiger partial charge in [-0.15, -0.1) is 0 Å². The minimum absolute atomic E-state index is 0.407. The van der Waals surface area contributed by atoms with Crippen LogP contribution in [0.4, 0.5) is 0 Å². The van der Waals surface area contributed by atoms with Crippen LogP contribution in [0.5, 0.6) is 0 Å². The van der Waals surface area contributed by atoms with Gasteiger partial charge in [0.1, 0.15) is 0 Å². The van der Waals surface area contributed by atoms with Crippen molar-refractivity contribution < 1.29 is 0 Å². The topological polar surface area (TPSA) is 0 Å². The fourth-order valence-electron chi connectivity index (χ4n) is 6.28. The molecule has 0 radical (unpaired) electrons. The van der Waals surface area contributed by atoms with Gasteiger partial charge < -0.3 is 0 Å². The van der Waals surface area contributed by atoms with E-state index in [1.807, 2.05) is 0 Å². The lowest BCUT2D eigenvalue weighted by Crippen LogP contribution is -2.32. The molecule has 4 rings (SSSR count).